The molecule has 0 aromatic heterocycles. The Hall–Kier alpha value is -1.11. The van der Waals surface area contributed by atoms with Crippen LogP contribution >= 0.6 is 15.9 Å². The number of hydrogen-bond acceptors (Lipinski definition) is 5. The number of amides is 1. The van der Waals surface area contributed by atoms with Crippen molar-refractivity contribution in [2.75, 3.05) is 20.3 Å². The fraction of sp³-hybridized carbons (Fsp3) is 0.833. The summed E-state index contributed by atoms with van der Waals surface area (Å²) in [6.45, 7) is 0.120. The molecule has 0 radical (unpaired) electrons. The highest BCUT2D eigenvalue weighted by Crippen LogP contribution is 2.64. The standard InChI is InChI=1S/C18H26BrNO5/c1-24-15(22)3-2-4-20-14(21)10-25-16(23)17-6-12-5-13(7-17)9-18(19,8-12)11-17/h12-13H,2-11H2,1H3,(H,20,21)/t12-,13+,17?,18?. The van der Waals surface area contributed by atoms with E-state index in [9.17, 15) is 14.4 Å². The van der Waals surface area contributed by atoms with E-state index in [1.807, 2.05) is 0 Å². The maximum absolute atomic E-state index is 12.7. The van der Waals surface area contributed by atoms with E-state index in [1.165, 1.54) is 13.5 Å². The largest absolute Gasteiger partial charge is 0.469 e. The van der Waals surface area contributed by atoms with E-state index in [-0.39, 0.29) is 35.2 Å². The molecule has 0 spiro atoms. The van der Waals surface area contributed by atoms with Gasteiger partial charge in [0.1, 0.15) is 0 Å². The highest BCUT2D eigenvalue weighted by Gasteiger charge is 2.60. The average Bonchev–Trinajstić information content (AvgIpc) is 2.54. The van der Waals surface area contributed by atoms with E-state index >= 15 is 0 Å². The summed E-state index contributed by atoms with van der Waals surface area (Å²) in [5.41, 5.74) is -0.404. The van der Waals surface area contributed by atoms with Crippen molar-refractivity contribution in [3.8, 4) is 0 Å². The van der Waals surface area contributed by atoms with Gasteiger partial charge in [-0.2, -0.15) is 0 Å². The van der Waals surface area contributed by atoms with Gasteiger partial charge in [-0.3, -0.25) is 14.4 Å². The zero-order valence-electron chi connectivity index (χ0n) is 14.6. The Morgan fingerprint density at radius 3 is 2.44 bits per heavy atom. The molecule has 0 saturated heterocycles. The quantitative estimate of drug-likeness (QED) is 0.392. The first-order chi connectivity index (χ1) is 11.8. The smallest absolute Gasteiger partial charge is 0.312 e. The van der Waals surface area contributed by atoms with Crippen molar-refractivity contribution in [1.29, 1.82) is 0 Å². The van der Waals surface area contributed by atoms with Gasteiger partial charge in [0.25, 0.3) is 5.91 Å². The maximum atomic E-state index is 12.7. The van der Waals surface area contributed by atoms with Gasteiger partial charge < -0.3 is 14.8 Å². The summed E-state index contributed by atoms with van der Waals surface area (Å²) in [7, 11) is 1.34. The van der Waals surface area contributed by atoms with E-state index in [2.05, 4.69) is 26.0 Å². The molecule has 4 aliphatic carbocycles. The monoisotopic (exact) mass is 415 g/mol. The van der Waals surface area contributed by atoms with Crippen LogP contribution in [0.3, 0.4) is 0 Å². The average molecular weight is 416 g/mol. The summed E-state index contributed by atoms with van der Waals surface area (Å²) < 4.78 is 10.00. The summed E-state index contributed by atoms with van der Waals surface area (Å²) in [5.74, 6) is 0.360. The second-order valence-electron chi connectivity index (χ2n) is 8.00. The minimum absolute atomic E-state index is 0.0895. The molecule has 6 nitrogen and oxygen atoms in total. The Morgan fingerprint density at radius 1 is 1.16 bits per heavy atom. The van der Waals surface area contributed by atoms with Crippen LogP contribution in [0.5, 0.6) is 0 Å². The molecular weight excluding hydrogens is 390 g/mol. The zero-order chi connectivity index (χ0) is 18.1. The van der Waals surface area contributed by atoms with Gasteiger partial charge in [0, 0.05) is 17.3 Å². The molecule has 4 aliphatic rings. The topological polar surface area (TPSA) is 81.7 Å². The molecule has 0 aromatic carbocycles. The summed E-state index contributed by atoms with van der Waals surface area (Å²) in [5, 5.41) is 2.67. The van der Waals surface area contributed by atoms with Crippen LogP contribution < -0.4 is 5.32 Å². The maximum Gasteiger partial charge on any atom is 0.312 e. The Bertz CT molecular complexity index is 550. The molecule has 7 heteroatoms. The Kier molecular flexibility index (Phi) is 5.42. The minimum atomic E-state index is -0.404. The van der Waals surface area contributed by atoms with Gasteiger partial charge in [0.2, 0.25) is 0 Å². The molecule has 4 bridgehead atoms. The second kappa shape index (κ2) is 7.25. The number of nitrogens with one attached hydrogen (secondary N) is 1. The first-order valence-corrected chi connectivity index (χ1v) is 9.83. The first-order valence-electron chi connectivity index (χ1n) is 9.04. The van der Waals surface area contributed by atoms with Crippen molar-refractivity contribution in [1.82, 2.24) is 5.32 Å². The normalized spacial score (nSPS) is 35.3. The number of alkyl halides is 1. The van der Waals surface area contributed by atoms with Crippen LogP contribution in [0.15, 0.2) is 0 Å². The number of esters is 2. The number of halogens is 1. The molecule has 25 heavy (non-hydrogen) atoms. The highest BCUT2D eigenvalue weighted by molar-refractivity contribution is 9.10. The van der Waals surface area contributed by atoms with Gasteiger partial charge in [-0.15, -0.1) is 0 Å². The van der Waals surface area contributed by atoms with Crippen LogP contribution in [-0.4, -0.2) is 42.4 Å². The van der Waals surface area contributed by atoms with Crippen molar-refractivity contribution in [3.63, 3.8) is 0 Å². The van der Waals surface area contributed by atoms with Crippen LogP contribution in [0.4, 0.5) is 0 Å². The van der Waals surface area contributed by atoms with Gasteiger partial charge in [0.15, 0.2) is 6.61 Å². The number of methoxy groups -OCH3 is 1. The van der Waals surface area contributed by atoms with E-state index < -0.39 is 5.41 Å². The predicted octanol–water partition coefficient (Wildman–Crippen LogP) is 2.33. The van der Waals surface area contributed by atoms with Gasteiger partial charge in [-0.05, 0) is 56.8 Å². The number of hydrogen-bond donors (Lipinski definition) is 1. The molecule has 4 fully saturated rings. The molecule has 1 amide bonds. The van der Waals surface area contributed by atoms with E-state index in [1.54, 1.807) is 0 Å². The Morgan fingerprint density at radius 2 is 1.84 bits per heavy atom. The predicted molar refractivity (Wildman–Crippen MR) is 94.0 cm³/mol. The summed E-state index contributed by atoms with van der Waals surface area (Å²) in [4.78, 5) is 35.6. The van der Waals surface area contributed by atoms with Crippen LogP contribution in [0.1, 0.15) is 51.4 Å². The molecule has 140 valence electrons. The Balaban J connectivity index is 1.43. The fourth-order valence-corrected chi connectivity index (χ4v) is 6.74. The molecule has 4 rings (SSSR count). The van der Waals surface area contributed by atoms with Gasteiger partial charge in [-0.1, -0.05) is 15.9 Å². The molecule has 4 saturated carbocycles. The lowest BCUT2D eigenvalue weighted by molar-refractivity contribution is -0.171. The van der Waals surface area contributed by atoms with Gasteiger partial charge in [0.05, 0.1) is 12.5 Å². The highest BCUT2D eigenvalue weighted by atomic mass is 79.9. The number of rotatable bonds is 7. The first kappa shape index (κ1) is 18.7. The molecular formula is C18H26BrNO5. The third-order valence-corrected chi connectivity index (χ3v) is 6.79. The third-order valence-electron chi connectivity index (χ3n) is 5.86. The second-order valence-corrected chi connectivity index (χ2v) is 9.68. The van der Waals surface area contributed by atoms with E-state index in [0.717, 1.165) is 32.1 Å². The molecule has 1 N–H and O–H groups in total. The van der Waals surface area contributed by atoms with E-state index in [4.69, 9.17) is 4.74 Å². The molecule has 0 aliphatic heterocycles. The fourth-order valence-electron chi connectivity index (χ4n) is 5.29. The minimum Gasteiger partial charge on any atom is -0.469 e. The molecule has 4 atom stereocenters. The summed E-state index contributed by atoms with van der Waals surface area (Å²) >= 11 is 3.88. The van der Waals surface area contributed by atoms with Crippen LogP contribution in [-0.2, 0) is 23.9 Å². The zero-order valence-corrected chi connectivity index (χ0v) is 16.2. The van der Waals surface area contributed by atoms with E-state index in [0.29, 0.717) is 24.8 Å². The lowest BCUT2D eigenvalue weighted by atomic mass is 9.49. The Labute approximate surface area is 156 Å². The van der Waals surface area contributed by atoms with Crippen LogP contribution in [0.2, 0.25) is 0 Å². The third kappa shape index (κ3) is 4.18. The number of ether oxygens (including phenoxy) is 2. The van der Waals surface area contributed by atoms with Crippen molar-refractivity contribution >= 4 is 33.8 Å². The number of carbonyl (C=O) groups is 3. The summed E-state index contributed by atoms with van der Waals surface area (Å²) in [6, 6.07) is 0. The molecule has 2 unspecified atom stereocenters. The van der Waals surface area contributed by atoms with Crippen molar-refractivity contribution in [2.24, 2.45) is 17.3 Å². The molecule has 0 heterocycles. The summed E-state index contributed by atoms with van der Waals surface area (Å²) in [6.07, 6.45) is 6.92. The van der Waals surface area contributed by atoms with Crippen molar-refractivity contribution in [3.05, 3.63) is 0 Å². The van der Waals surface area contributed by atoms with Gasteiger partial charge >= 0.3 is 11.9 Å². The van der Waals surface area contributed by atoms with Crippen molar-refractivity contribution < 1.29 is 23.9 Å². The lowest BCUT2D eigenvalue weighted by Gasteiger charge is -2.58. The van der Waals surface area contributed by atoms with Gasteiger partial charge in [-0.25, -0.2) is 0 Å². The lowest BCUT2D eigenvalue weighted by Crippen LogP contribution is -2.56. The van der Waals surface area contributed by atoms with Crippen molar-refractivity contribution in [2.45, 2.75) is 55.7 Å². The number of carbonyl (C=O) groups excluding carboxylic acids is 3. The molecule has 0 aromatic rings. The van der Waals surface area contributed by atoms with Crippen LogP contribution in [0, 0.1) is 17.3 Å². The SMILES string of the molecule is COC(=O)CCCNC(=O)COC(=O)C12C[C@@H]3C[C@@H](CC(Br)(C3)C1)C2. The van der Waals surface area contributed by atoms with Crippen LogP contribution in [0.25, 0.3) is 0 Å².